The highest BCUT2D eigenvalue weighted by Crippen LogP contribution is 2.14. The van der Waals surface area contributed by atoms with Crippen molar-refractivity contribution < 1.29 is 13.6 Å². The number of amidine groups is 1. The molecule has 0 aliphatic carbocycles. The van der Waals surface area contributed by atoms with E-state index in [1.165, 1.54) is 18.0 Å². The van der Waals surface area contributed by atoms with Crippen LogP contribution in [0.15, 0.2) is 5.16 Å². The largest absolute Gasteiger partial charge is 0.409 e. The molecule has 1 atom stereocenters. The minimum Gasteiger partial charge on any atom is -0.409 e. The predicted octanol–water partition coefficient (Wildman–Crippen LogP) is 0.289. The Hall–Kier alpha value is -0.430. The van der Waals surface area contributed by atoms with E-state index in [2.05, 4.69) is 5.16 Å². The molecular formula is C7H16N2O3S2. The Bertz CT molecular complexity index is 287. The molecule has 0 aromatic heterocycles. The molecule has 0 amide bonds. The highest BCUT2D eigenvalue weighted by Gasteiger charge is 2.13. The zero-order chi connectivity index (χ0) is 11.2. The summed E-state index contributed by atoms with van der Waals surface area (Å²) in [6.45, 7) is 1.90. The van der Waals surface area contributed by atoms with Crippen LogP contribution in [0.25, 0.3) is 0 Å². The van der Waals surface area contributed by atoms with Gasteiger partial charge in [-0.25, -0.2) is 8.42 Å². The molecule has 0 spiro atoms. The van der Waals surface area contributed by atoms with E-state index in [4.69, 9.17) is 10.9 Å². The number of nitrogens with two attached hydrogens (primary N) is 1. The second-order valence-corrected chi connectivity index (χ2v) is 6.49. The van der Waals surface area contributed by atoms with E-state index < -0.39 is 9.84 Å². The summed E-state index contributed by atoms with van der Waals surface area (Å²) in [6, 6.07) is 0. The molecule has 5 nitrogen and oxygen atoms in total. The van der Waals surface area contributed by atoms with E-state index in [1.807, 2.05) is 6.92 Å². The number of hydrogen-bond donors (Lipinski definition) is 2. The van der Waals surface area contributed by atoms with Crippen LogP contribution in [0, 0.1) is 0 Å². The number of oxime groups is 1. The Morgan fingerprint density at radius 2 is 2.21 bits per heavy atom. The van der Waals surface area contributed by atoms with Gasteiger partial charge >= 0.3 is 0 Å². The summed E-state index contributed by atoms with van der Waals surface area (Å²) in [5.74, 6) is 0.728. The lowest BCUT2D eigenvalue weighted by Gasteiger charge is -2.11. The first kappa shape index (κ1) is 13.6. The number of sulfone groups is 1. The summed E-state index contributed by atoms with van der Waals surface area (Å²) < 4.78 is 21.6. The van der Waals surface area contributed by atoms with E-state index in [0.717, 1.165) is 0 Å². The van der Waals surface area contributed by atoms with Crippen LogP contribution < -0.4 is 5.73 Å². The maximum absolute atomic E-state index is 10.8. The Morgan fingerprint density at radius 1 is 1.64 bits per heavy atom. The van der Waals surface area contributed by atoms with Gasteiger partial charge in [-0.15, -0.1) is 11.8 Å². The average Bonchev–Trinajstić information content (AvgIpc) is 2.09. The summed E-state index contributed by atoms with van der Waals surface area (Å²) in [7, 11) is -2.92. The Morgan fingerprint density at radius 3 is 2.57 bits per heavy atom. The maximum Gasteiger partial charge on any atom is 0.152 e. The zero-order valence-corrected chi connectivity index (χ0v) is 9.94. The summed E-state index contributed by atoms with van der Waals surface area (Å²) in [5.41, 5.74) is 5.41. The lowest BCUT2D eigenvalue weighted by atomic mass is 10.3. The van der Waals surface area contributed by atoms with Gasteiger partial charge in [0, 0.05) is 12.0 Å². The molecule has 0 bridgehead atoms. The minimum atomic E-state index is -2.92. The number of rotatable bonds is 6. The van der Waals surface area contributed by atoms with Crippen molar-refractivity contribution in [2.75, 3.05) is 17.8 Å². The molecule has 0 saturated heterocycles. The Balaban J connectivity index is 3.98. The lowest BCUT2D eigenvalue weighted by molar-refractivity contribution is 0.317. The molecule has 14 heavy (non-hydrogen) atoms. The predicted molar refractivity (Wildman–Crippen MR) is 59.7 cm³/mol. The number of thioether (sulfide) groups is 1. The molecule has 0 fully saturated rings. The van der Waals surface area contributed by atoms with Gasteiger partial charge in [-0.3, -0.25) is 0 Å². The van der Waals surface area contributed by atoms with Crippen LogP contribution in [-0.2, 0) is 9.84 Å². The van der Waals surface area contributed by atoms with Crippen molar-refractivity contribution in [3.8, 4) is 0 Å². The fraction of sp³-hybridized carbons (Fsp3) is 0.857. The fourth-order valence-electron chi connectivity index (χ4n) is 0.819. The van der Waals surface area contributed by atoms with Gasteiger partial charge in [0.1, 0.15) is 9.84 Å². The molecule has 0 aromatic rings. The quantitative estimate of drug-likeness (QED) is 0.301. The van der Waals surface area contributed by atoms with Crippen LogP contribution in [0.2, 0.25) is 0 Å². The first-order valence-electron chi connectivity index (χ1n) is 4.17. The summed E-state index contributed by atoms with van der Waals surface area (Å²) >= 11 is 1.39. The van der Waals surface area contributed by atoms with Gasteiger partial charge in [0.2, 0.25) is 0 Å². The molecule has 0 heterocycles. The van der Waals surface area contributed by atoms with E-state index >= 15 is 0 Å². The van der Waals surface area contributed by atoms with Crippen LogP contribution in [0.5, 0.6) is 0 Å². The molecule has 0 aliphatic rings. The lowest BCUT2D eigenvalue weighted by Crippen LogP contribution is -2.26. The third-order valence-electron chi connectivity index (χ3n) is 1.59. The highest BCUT2D eigenvalue weighted by atomic mass is 32.2. The minimum absolute atomic E-state index is 0.109. The van der Waals surface area contributed by atoms with Gasteiger partial charge < -0.3 is 10.9 Å². The van der Waals surface area contributed by atoms with Crippen LogP contribution >= 0.6 is 11.8 Å². The molecule has 0 aliphatic heterocycles. The normalized spacial score (nSPS) is 15.4. The van der Waals surface area contributed by atoms with E-state index in [0.29, 0.717) is 12.2 Å². The second kappa shape index (κ2) is 6.13. The smallest absolute Gasteiger partial charge is 0.152 e. The second-order valence-electron chi connectivity index (χ2n) is 2.92. The van der Waals surface area contributed by atoms with Crippen LogP contribution in [0.3, 0.4) is 0 Å². The van der Waals surface area contributed by atoms with Gasteiger partial charge in [0.25, 0.3) is 0 Å². The van der Waals surface area contributed by atoms with Crippen LogP contribution in [-0.4, -0.2) is 42.5 Å². The summed E-state index contributed by atoms with van der Waals surface area (Å²) in [5, 5.41) is 11.2. The first-order valence-corrected chi connectivity index (χ1v) is 7.28. The highest BCUT2D eigenvalue weighted by molar-refractivity contribution is 8.01. The van der Waals surface area contributed by atoms with Crippen molar-refractivity contribution in [2.45, 2.75) is 18.6 Å². The van der Waals surface area contributed by atoms with Crippen molar-refractivity contribution in [1.29, 1.82) is 0 Å². The maximum atomic E-state index is 10.8. The van der Waals surface area contributed by atoms with E-state index in [9.17, 15) is 8.42 Å². The SMILES string of the molecule is CCC(SCCS(C)(=O)=O)C(N)=NO. The Kier molecular flexibility index (Phi) is 5.94. The van der Waals surface area contributed by atoms with Crippen LogP contribution in [0.1, 0.15) is 13.3 Å². The van der Waals surface area contributed by atoms with Gasteiger partial charge in [0.05, 0.1) is 11.0 Å². The molecule has 7 heteroatoms. The average molecular weight is 240 g/mol. The standard InChI is InChI=1S/C7H16N2O3S2/c1-3-6(7(8)9-10)13-4-5-14(2,11)12/h6,10H,3-5H2,1-2H3,(H2,8,9). The zero-order valence-electron chi connectivity index (χ0n) is 8.30. The molecule has 0 rings (SSSR count). The third kappa shape index (κ3) is 6.09. The summed E-state index contributed by atoms with van der Waals surface area (Å²) in [6.07, 6.45) is 1.91. The van der Waals surface area contributed by atoms with Crippen molar-refractivity contribution >= 4 is 27.4 Å². The monoisotopic (exact) mass is 240 g/mol. The fourth-order valence-corrected chi connectivity index (χ4v) is 3.15. The number of nitrogens with zero attached hydrogens (tertiary/aromatic N) is 1. The first-order chi connectivity index (χ1) is 6.40. The third-order valence-corrected chi connectivity index (χ3v) is 4.21. The van der Waals surface area contributed by atoms with E-state index in [1.54, 1.807) is 0 Å². The molecule has 3 N–H and O–H groups in total. The van der Waals surface area contributed by atoms with Gasteiger partial charge in [0.15, 0.2) is 5.84 Å². The van der Waals surface area contributed by atoms with E-state index in [-0.39, 0.29) is 16.8 Å². The molecule has 0 aromatic carbocycles. The van der Waals surface area contributed by atoms with Crippen molar-refractivity contribution in [1.82, 2.24) is 0 Å². The molecule has 0 radical (unpaired) electrons. The molecule has 0 saturated carbocycles. The van der Waals surface area contributed by atoms with Gasteiger partial charge in [-0.05, 0) is 6.42 Å². The van der Waals surface area contributed by atoms with Gasteiger partial charge in [-0.2, -0.15) is 0 Å². The summed E-state index contributed by atoms with van der Waals surface area (Å²) in [4.78, 5) is 0. The Labute approximate surface area is 88.7 Å². The topological polar surface area (TPSA) is 92.8 Å². The molecular weight excluding hydrogens is 224 g/mol. The van der Waals surface area contributed by atoms with Crippen molar-refractivity contribution in [3.05, 3.63) is 0 Å². The number of hydrogen-bond acceptors (Lipinski definition) is 5. The molecule has 1 unspecified atom stereocenters. The van der Waals surface area contributed by atoms with Crippen molar-refractivity contribution in [3.63, 3.8) is 0 Å². The van der Waals surface area contributed by atoms with Crippen LogP contribution in [0.4, 0.5) is 0 Å². The van der Waals surface area contributed by atoms with Crippen molar-refractivity contribution in [2.24, 2.45) is 10.9 Å². The van der Waals surface area contributed by atoms with Gasteiger partial charge in [-0.1, -0.05) is 12.1 Å². The molecule has 84 valence electrons.